The van der Waals surface area contributed by atoms with Gasteiger partial charge >= 0.3 is 0 Å². The molecule has 0 radical (unpaired) electrons. The highest BCUT2D eigenvalue weighted by Gasteiger charge is 2.34. The van der Waals surface area contributed by atoms with Gasteiger partial charge < -0.3 is 0 Å². The molecule has 1 atom stereocenters. The molecule has 0 spiro atoms. The second-order valence-electron chi connectivity index (χ2n) is 9.85. The van der Waals surface area contributed by atoms with Gasteiger partial charge in [-0.1, -0.05) is 25.1 Å². The molecule has 0 heterocycles. The molecule has 0 N–H and O–H groups in total. The molecule has 3 aliphatic rings. The molecule has 0 amide bonds. The summed E-state index contributed by atoms with van der Waals surface area (Å²) < 4.78 is 60.7. The van der Waals surface area contributed by atoms with Gasteiger partial charge in [-0.05, 0) is 97.5 Å². The standard InChI is InChI=1S/C28H28F4/c1-3-16-6-10-18(11-7-16)22-14-20-12-19-13-21(17-8-4-15(2)5-9-17)25(29)27(31)23(19)24(20)28(32)26(22)30/h3,8,13-16,18H,1,4-7,9-12H2,2H3. The van der Waals surface area contributed by atoms with E-state index in [-0.39, 0.29) is 22.6 Å². The van der Waals surface area contributed by atoms with E-state index in [4.69, 9.17) is 0 Å². The van der Waals surface area contributed by atoms with Crippen LogP contribution in [0.5, 0.6) is 0 Å². The molecule has 1 unspecified atom stereocenters. The number of halogens is 4. The van der Waals surface area contributed by atoms with E-state index in [2.05, 4.69) is 13.5 Å². The molecule has 2 aromatic carbocycles. The Kier molecular flexibility index (Phi) is 5.51. The largest absolute Gasteiger partial charge is 0.203 e. The fourth-order valence-electron chi connectivity index (χ4n) is 5.81. The first-order valence-corrected chi connectivity index (χ1v) is 11.7. The van der Waals surface area contributed by atoms with Crippen LogP contribution in [0.2, 0.25) is 0 Å². The first kappa shape index (κ1) is 21.5. The Morgan fingerprint density at radius 3 is 2.12 bits per heavy atom. The third-order valence-electron chi connectivity index (χ3n) is 7.80. The van der Waals surface area contributed by atoms with Crippen molar-refractivity contribution in [3.63, 3.8) is 0 Å². The summed E-state index contributed by atoms with van der Waals surface area (Å²) in [5.41, 5.74) is 2.34. The lowest BCUT2D eigenvalue weighted by Gasteiger charge is -2.27. The van der Waals surface area contributed by atoms with Gasteiger partial charge in [0.1, 0.15) is 0 Å². The summed E-state index contributed by atoms with van der Waals surface area (Å²) >= 11 is 0. The van der Waals surface area contributed by atoms with E-state index in [9.17, 15) is 0 Å². The summed E-state index contributed by atoms with van der Waals surface area (Å²) in [7, 11) is 0. The Labute approximate surface area is 187 Å². The van der Waals surface area contributed by atoms with Gasteiger partial charge in [0.15, 0.2) is 23.3 Å². The summed E-state index contributed by atoms with van der Waals surface area (Å²) in [5.74, 6) is -3.07. The van der Waals surface area contributed by atoms with E-state index in [0.717, 1.165) is 44.1 Å². The van der Waals surface area contributed by atoms with Crippen LogP contribution in [0, 0.1) is 35.1 Å². The number of allylic oxidation sites excluding steroid dienone is 3. The van der Waals surface area contributed by atoms with E-state index in [1.165, 1.54) is 0 Å². The Balaban J connectivity index is 1.55. The van der Waals surface area contributed by atoms with Crippen molar-refractivity contribution in [2.24, 2.45) is 11.8 Å². The van der Waals surface area contributed by atoms with Crippen LogP contribution in [-0.2, 0) is 6.42 Å². The molecule has 4 heteroatoms. The van der Waals surface area contributed by atoms with Crippen LogP contribution in [0.25, 0.3) is 16.7 Å². The highest BCUT2D eigenvalue weighted by molar-refractivity contribution is 5.81. The van der Waals surface area contributed by atoms with Crippen LogP contribution in [0.1, 0.15) is 80.0 Å². The summed E-state index contributed by atoms with van der Waals surface area (Å²) in [6.45, 7) is 5.98. The van der Waals surface area contributed by atoms with Crippen molar-refractivity contribution >= 4 is 5.57 Å². The van der Waals surface area contributed by atoms with Crippen molar-refractivity contribution in [3.8, 4) is 11.1 Å². The molecule has 5 rings (SSSR count). The topological polar surface area (TPSA) is 0 Å². The molecule has 32 heavy (non-hydrogen) atoms. The minimum absolute atomic E-state index is 0.0544. The van der Waals surface area contributed by atoms with E-state index >= 15 is 17.6 Å². The predicted octanol–water partition coefficient (Wildman–Crippen LogP) is 8.48. The first-order chi connectivity index (χ1) is 15.4. The van der Waals surface area contributed by atoms with Gasteiger partial charge in [-0.3, -0.25) is 0 Å². The van der Waals surface area contributed by atoms with Crippen molar-refractivity contribution in [2.75, 3.05) is 0 Å². The minimum Gasteiger partial charge on any atom is -0.203 e. The molecule has 2 aromatic rings. The Morgan fingerprint density at radius 2 is 1.50 bits per heavy atom. The molecule has 0 nitrogen and oxygen atoms in total. The number of fused-ring (bicyclic) bond motifs is 3. The Bertz CT molecular complexity index is 1120. The average molecular weight is 441 g/mol. The molecular formula is C28H28F4. The first-order valence-electron chi connectivity index (χ1n) is 11.7. The number of hydrogen-bond donors (Lipinski definition) is 0. The van der Waals surface area contributed by atoms with Crippen LogP contribution >= 0.6 is 0 Å². The van der Waals surface area contributed by atoms with Gasteiger partial charge in [-0.15, -0.1) is 6.58 Å². The van der Waals surface area contributed by atoms with Crippen molar-refractivity contribution in [1.29, 1.82) is 0 Å². The number of benzene rings is 2. The molecular weight excluding hydrogens is 412 g/mol. The predicted molar refractivity (Wildman–Crippen MR) is 120 cm³/mol. The van der Waals surface area contributed by atoms with Crippen LogP contribution in [0.15, 0.2) is 30.9 Å². The monoisotopic (exact) mass is 440 g/mol. The van der Waals surface area contributed by atoms with Gasteiger partial charge in [0.05, 0.1) is 0 Å². The van der Waals surface area contributed by atoms with Gasteiger partial charge in [-0.25, -0.2) is 17.6 Å². The summed E-state index contributed by atoms with van der Waals surface area (Å²) in [6, 6.07) is 3.35. The van der Waals surface area contributed by atoms with Gasteiger partial charge in [-0.2, -0.15) is 0 Å². The maximum absolute atomic E-state index is 15.3. The second kappa shape index (κ2) is 8.20. The van der Waals surface area contributed by atoms with E-state index in [0.29, 0.717) is 41.4 Å². The summed E-state index contributed by atoms with van der Waals surface area (Å²) in [6.07, 6.45) is 10.0. The zero-order valence-electron chi connectivity index (χ0n) is 18.4. The highest BCUT2D eigenvalue weighted by Crippen LogP contribution is 2.47. The fourth-order valence-corrected chi connectivity index (χ4v) is 5.81. The molecule has 0 aromatic heterocycles. The molecule has 0 saturated heterocycles. The van der Waals surface area contributed by atoms with Crippen LogP contribution in [-0.4, -0.2) is 0 Å². The van der Waals surface area contributed by atoms with E-state index in [1.54, 1.807) is 12.1 Å². The van der Waals surface area contributed by atoms with E-state index in [1.807, 2.05) is 12.2 Å². The lowest BCUT2D eigenvalue weighted by atomic mass is 9.78. The van der Waals surface area contributed by atoms with Crippen LogP contribution < -0.4 is 0 Å². The number of rotatable bonds is 3. The minimum atomic E-state index is -1.06. The SMILES string of the molecule is C=CC1CCC(c2cc3c(c(F)c2F)-c2c(cc(C4=CCC(C)CC4)c(F)c2F)C3)CC1. The third kappa shape index (κ3) is 3.43. The normalized spacial score (nSPS) is 24.7. The lowest BCUT2D eigenvalue weighted by molar-refractivity contribution is 0.364. The average Bonchev–Trinajstić information content (AvgIpc) is 3.18. The zero-order valence-corrected chi connectivity index (χ0v) is 18.4. The fraction of sp³-hybridized carbons (Fsp3) is 0.429. The Hall–Kier alpha value is -2.36. The molecule has 0 aliphatic heterocycles. The van der Waals surface area contributed by atoms with Crippen LogP contribution in [0.3, 0.4) is 0 Å². The van der Waals surface area contributed by atoms with Crippen LogP contribution in [0.4, 0.5) is 17.6 Å². The maximum Gasteiger partial charge on any atom is 0.167 e. The number of hydrogen-bond acceptors (Lipinski definition) is 0. The molecule has 168 valence electrons. The molecule has 1 saturated carbocycles. The maximum atomic E-state index is 15.3. The zero-order chi connectivity index (χ0) is 22.6. The van der Waals surface area contributed by atoms with Gasteiger partial charge in [0.25, 0.3) is 0 Å². The molecule has 0 bridgehead atoms. The quantitative estimate of drug-likeness (QED) is 0.283. The molecule has 1 fully saturated rings. The van der Waals surface area contributed by atoms with Crippen molar-refractivity contribution in [1.82, 2.24) is 0 Å². The Morgan fingerprint density at radius 1 is 0.844 bits per heavy atom. The van der Waals surface area contributed by atoms with Crippen molar-refractivity contribution in [3.05, 3.63) is 76.4 Å². The van der Waals surface area contributed by atoms with Crippen molar-refractivity contribution in [2.45, 2.75) is 64.2 Å². The summed E-state index contributed by atoms with van der Waals surface area (Å²) in [5, 5.41) is 0. The lowest BCUT2D eigenvalue weighted by Crippen LogP contribution is -2.14. The molecule has 3 aliphatic carbocycles. The highest BCUT2D eigenvalue weighted by atomic mass is 19.2. The van der Waals surface area contributed by atoms with Gasteiger partial charge in [0, 0.05) is 16.7 Å². The third-order valence-corrected chi connectivity index (χ3v) is 7.80. The summed E-state index contributed by atoms with van der Waals surface area (Å²) in [4.78, 5) is 0. The smallest absolute Gasteiger partial charge is 0.167 e. The van der Waals surface area contributed by atoms with E-state index < -0.39 is 23.3 Å². The second-order valence-corrected chi connectivity index (χ2v) is 9.85. The van der Waals surface area contributed by atoms with Crippen molar-refractivity contribution < 1.29 is 17.6 Å². The van der Waals surface area contributed by atoms with Gasteiger partial charge in [0.2, 0.25) is 0 Å².